The molecule has 0 spiro atoms. The Hall–Kier alpha value is -1.36. The minimum absolute atomic E-state index is 0.146. The number of H-pyrrole nitrogens is 1. The van der Waals surface area contributed by atoms with Crippen LogP contribution in [0.5, 0.6) is 0 Å². The Morgan fingerprint density at radius 3 is 3.00 bits per heavy atom. The fourth-order valence-electron chi connectivity index (χ4n) is 1.46. The summed E-state index contributed by atoms with van der Waals surface area (Å²) in [7, 11) is 0. The monoisotopic (exact) mass is 224 g/mol. The van der Waals surface area contributed by atoms with Crippen LogP contribution >= 0.6 is 0 Å². The second kappa shape index (κ2) is 6.27. The summed E-state index contributed by atoms with van der Waals surface area (Å²) < 4.78 is 0. The number of unbranched alkanes of at least 4 members (excludes halogenated alkanes) is 1. The van der Waals surface area contributed by atoms with Crippen molar-refractivity contribution in [1.82, 2.24) is 10.2 Å². The molecule has 90 valence electrons. The first kappa shape index (κ1) is 12.7. The Balaban J connectivity index is 2.50. The van der Waals surface area contributed by atoms with Gasteiger partial charge in [0.05, 0.1) is 12.2 Å². The molecular weight excluding hydrogens is 204 g/mol. The molecule has 16 heavy (non-hydrogen) atoms. The zero-order valence-electron chi connectivity index (χ0n) is 9.92. The Labute approximate surface area is 95.8 Å². The van der Waals surface area contributed by atoms with E-state index in [9.17, 15) is 4.79 Å². The van der Waals surface area contributed by atoms with E-state index < -0.39 is 6.04 Å². The molecule has 0 radical (unpaired) electrons. The maximum atomic E-state index is 11.7. The maximum Gasteiger partial charge on any atom is 0.242 e. The smallest absolute Gasteiger partial charge is 0.242 e. The fourth-order valence-corrected chi connectivity index (χ4v) is 1.46. The molecule has 0 aliphatic carbocycles. The topological polar surface area (TPSA) is 83.8 Å². The molecule has 5 heteroatoms. The van der Waals surface area contributed by atoms with Gasteiger partial charge >= 0.3 is 0 Å². The van der Waals surface area contributed by atoms with E-state index in [-0.39, 0.29) is 5.91 Å². The number of nitrogens with one attached hydrogen (secondary N) is 2. The van der Waals surface area contributed by atoms with Crippen molar-refractivity contribution >= 4 is 11.7 Å². The van der Waals surface area contributed by atoms with Gasteiger partial charge in [-0.1, -0.05) is 26.7 Å². The summed E-state index contributed by atoms with van der Waals surface area (Å²) in [5.41, 5.74) is 6.76. The Morgan fingerprint density at radius 2 is 2.38 bits per heavy atom. The van der Waals surface area contributed by atoms with Gasteiger partial charge in [-0.15, -0.1) is 0 Å². The molecule has 1 atom stereocenters. The summed E-state index contributed by atoms with van der Waals surface area (Å²) >= 11 is 0. The van der Waals surface area contributed by atoms with E-state index in [1.165, 1.54) is 0 Å². The van der Waals surface area contributed by atoms with Gasteiger partial charge in [0.25, 0.3) is 0 Å². The average molecular weight is 224 g/mol. The predicted octanol–water partition coefficient (Wildman–Crippen LogP) is 1.43. The summed E-state index contributed by atoms with van der Waals surface area (Å²) in [6.07, 6.45) is 5.28. The predicted molar refractivity (Wildman–Crippen MR) is 64.1 cm³/mol. The number of aromatic amines is 1. The van der Waals surface area contributed by atoms with Crippen LogP contribution in [0.25, 0.3) is 0 Å². The Morgan fingerprint density at radius 1 is 1.62 bits per heavy atom. The molecule has 0 bridgehead atoms. The van der Waals surface area contributed by atoms with Gasteiger partial charge in [0, 0.05) is 5.56 Å². The minimum Gasteiger partial charge on any atom is -0.320 e. The first-order valence-electron chi connectivity index (χ1n) is 5.77. The highest BCUT2D eigenvalue weighted by Crippen LogP contribution is 2.11. The third-order valence-electron chi connectivity index (χ3n) is 2.55. The highest BCUT2D eigenvalue weighted by Gasteiger charge is 2.14. The van der Waals surface area contributed by atoms with Gasteiger partial charge in [-0.25, -0.2) is 0 Å². The van der Waals surface area contributed by atoms with E-state index in [1.54, 1.807) is 6.20 Å². The summed E-state index contributed by atoms with van der Waals surface area (Å²) in [6, 6.07) is -0.437. The van der Waals surface area contributed by atoms with E-state index in [0.29, 0.717) is 5.82 Å². The second-order valence-electron chi connectivity index (χ2n) is 3.86. The normalized spacial score (nSPS) is 12.4. The van der Waals surface area contributed by atoms with Gasteiger partial charge in [0.1, 0.15) is 5.82 Å². The Bertz CT molecular complexity index is 334. The third kappa shape index (κ3) is 3.34. The van der Waals surface area contributed by atoms with Crippen molar-refractivity contribution in [3.8, 4) is 0 Å². The number of nitrogens with two attached hydrogens (primary N) is 1. The molecule has 4 N–H and O–H groups in total. The molecule has 1 rings (SSSR count). The van der Waals surface area contributed by atoms with Crippen molar-refractivity contribution in [2.75, 3.05) is 5.32 Å². The van der Waals surface area contributed by atoms with Crippen LogP contribution in [0.2, 0.25) is 0 Å². The summed E-state index contributed by atoms with van der Waals surface area (Å²) in [6.45, 7) is 4.09. The van der Waals surface area contributed by atoms with Crippen molar-refractivity contribution in [2.24, 2.45) is 5.73 Å². The van der Waals surface area contributed by atoms with Gasteiger partial charge in [-0.05, 0) is 12.8 Å². The third-order valence-corrected chi connectivity index (χ3v) is 2.55. The highest BCUT2D eigenvalue weighted by atomic mass is 16.2. The molecule has 0 fully saturated rings. The lowest BCUT2D eigenvalue weighted by Gasteiger charge is -2.11. The largest absolute Gasteiger partial charge is 0.320 e. The first-order valence-corrected chi connectivity index (χ1v) is 5.77. The van der Waals surface area contributed by atoms with E-state index in [4.69, 9.17) is 5.73 Å². The fraction of sp³-hybridized carbons (Fsp3) is 0.636. The van der Waals surface area contributed by atoms with Crippen LogP contribution in [0.4, 0.5) is 5.82 Å². The van der Waals surface area contributed by atoms with Gasteiger partial charge < -0.3 is 11.1 Å². The quantitative estimate of drug-likeness (QED) is 0.683. The van der Waals surface area contributed by atoms with E-state index in [2.05, 4.69) is 22.4 Å². The van der Waals surface area contributed by atoms with Gasteiger partial charge in [0.2, 0.25) is 5.91 Å². The number of amides is 1. The number of hydrogen-bond acceptors (Lipinski definition) is 3. The van der Waals surface area contributed by atoms with Crippen LogP contribution < -0.4 is 11.1 Å². The zero-order valence-corrected chi connectivity index (χ0v) is 9.92. The van der Waals surface area contributed by atoms with E-state index >= 15 is 0 Å². The molecule has 1 aromatic rings. The number of aromatic nitrogens is 2. The lowest BCUT2D eigenvalue weighted by molar-refractivity contribution is -0.117. The molecule has 1 aromatic heterocycles. The van der Waals surface area contributed by atoms with E-state index in [0.717, 1.165) is 31.2 Å². The minimum atomic E-state index is -0.437. The standard InChI is InChI=1S/C11H20N4O/c1-3-5-6-9(12)11(16)14-10-8(4-2)7-13-15-10/h7,9H,3-6,12H2,1-2H3,(H2,13,14,15,16)/t9-/m0/s1. The van der Waals surface area contributed by atoms with Crippen molar-refractivity contribution in [3.05, 3.63) is 11.8 Å². The van der Waals surface area contributed by atoms with Crippen LogP contribution in [0.3, 0.4) is 0 Å². The van der Waals surface area contributed by atoms with Crippen LogP contribution in [0.15, 0.2) is 6.20 Å². The lowest BCUT2D eigenvalue weighted by atomic mass is 10.1. The second-order valence-corrected chi connectivity index (χ2v) is 3.86. The van der Waals surface area contributed by atoms with Crippen molar-refractivity contribution in [1.29, 1.82) is 0 Å². The Kier molecular flexibility index (Phi) is 4.98. The van der Waals surface area contributed by atoms with E-state index in [1.807, 2.05) is 6.92 Å². The number of anilines is 1. The number of carbonyl (C=O) groups excluding carboxylic acids is 1. The molecule has 5 nitrogen and oxygen atoms in total. The summed E-state index contributed by atoms with van der Waals surface area (Å²) in [5, 5.41) is 9.42. The SMILES string of the molecule is CCCC[C@H](N)C(=O)Nc1[nH]ncc1CC. The highest BCUT2D eigenvalue weighted by molar-refractivity contribution is 5.94. The van der Waals surface area contributed by atoms with Gasteiger partial charge in [-0.2, -0.15) is 5.10 Å². The summed E-state index contributed by atoms with van der Waals surface area (Å²) in [5.74, 6) is 0.520. The number of rotatable bonds is 6. The first-order chi connectivity index (χ1) is 7.69. The zero-order chi connectivity index (χ0) is 12.0. The van der Waals surface area contributed by atoms with Crippen molar-refractivity contribution in [2.45, 2.75) is 45.6 Å². The van der Waals surface area contributed by atoms with Crippen molar-refractivity contribution in [3.63, 3.8) is 0 Å². The maximum absolute atomic E-state index is 11.7. The molecule has 0 aliphatic rings. The number of nitrogens with zero attached hydrogens (tertiary/aromatic N) is 1. The molecule has 0 saturated carbocycles. The van der Waals surface area contributed by atoms with Crippen LogP contribution in [0.1, 0.15) is 38.7 Å². The molecule has 1 amide bonds. The average Bonchev–Trinajstić information content (AvgIpc) is 2.72. The number of aryl methyl sites for hydroxylation is 1. The number of carbonyl (C=O) groups is 1. The molecule has 0 unspecified atom stereocenters. The van der Waals surface area contributed by atoms with Crippen molar-refractivity contribution < 1.29 is 4.79 Å². The molecule has 0 aromatic carbocycles. The van der Waals surface area contributed by atoms with Crippen LogP contribution in [-0.2, 0) is 11.2 Å². The lowest BCUT2D eigenvalue weighted by Crippen LogP contribution is -2.35. The van der Waals surface area contributed by atoms with Gasteiger partial charge in [0.15, 0.2) is 0 Å². The van der Waals surface area contributed by atoms with Crippen LogP contribution in [0, 0.1) is 0 Å². The van der Waals surface area contributed by atoms with Crippen LogP contribution in [-0.4, -0.2) is 22.1 Å². The molecular formula is C11H20N4O. The number of hydrogen-bond donors (Lipinski definition) is 3. The summed E-state index contributed by atoms with van der Waals surface area (Å²) in [4.78, 5) is 11.7. The molecule has 0 saturated heterocycles. The van der Waals surface area contributed by atoms with Gasteiger partial charge in [-0.3, -0.25) is 9.89 Å². The molecule has 1 heterocycles. The molecule has 0 aliphatic heterocycles.